The summed E-state index contributed by atoms with van der Waals surface area (Å²) >= 11 is 2.66. The number of amides is 1. The van der Waals surface area contributed by atoms with Gasteiger partial charge in [-0.25, -0.2) is 9.97 Å². The Hall–Kier alpha value is -2.71. The third-order valence-electron chi connectivity index (χ3n) is 3.84. The molecule has 4 aromatic rings. The van der Waals surface area contributed by atoms with E-state index in [1.54, 1.807) is 0 Å². The number of benzene rings is 1. The molecule has 0 fully saturated rings. The normalized spacial score (nSPS) is 11.2. The molecule has 0 aliphatic rings. The van der Waals surface area contributed by atoms with E-state index in [2.05, 4.69) is 15.3 Å². The molecule has 3 aromatic heterocycles. The fourth-order valence-corrected chi connectivity index (χ4v) is 4.33. The topological polar surface area (TPSA) is 90.1 Å². The summed E-state index contributed by atoms with van der Waals surface area (Å²) in [6, 6.07) is 7.71. The highest BCUT2D eigenvalue weighted by atomic mass is 32.1. The Morgan fingerprint density at radius 1 is 1.31 bits per heavy atom. The Bertz CT molecular complexity index is 1130. The van der Waals surface area contributed by atoms with Crippen molar-refractivity contribution in [2.24, 2.45) is 0 Å². The molecule has 6 nitrogen and oxygen atoms in total. The van der Waals surface area contributed by atoms with Gasteiger partial charge < -0.3 is 10.5 Å². The molecule has 3 heterocycles. The van der Waals surface area contributed by atoms with E-state index >= 15 is 0 Å². The van der Waals surface area contributed by atoms with Crippen LogP contribution in [0.5, 0.6) is 5.75 Å². The molecule has 0 unspecified atom stereocenters. The predicted octanol–water partition coefficient (Wildman–Crippen LogP) is 4.45. The number of nitrogens with two attached hydrogens (primary N) is 1. The van der Waals surface area contributed by atoms with Crippen molar-refractivity contribution in [1.29, 1.82) is 0 Å². The van der Waals surface area contributed by atoms with Crippen molar-refractivity contribution in [3.8, 4) is 5.75 Å². The first-order valence-corrected chi connectivity index (χ1v) is 9.74. The molecule has 0 saturated carbocycles. The van der Waals surface area contributed by atoms with Crippen LogP contribution in [0, 0.1) is 6.92 Å². The zero-order valence-corrected chi connectivity index (χ0v) is 15.8. The van der Waals surface area contributed by atoms with Crippen LogP contribution < -0.4 is 15.8 Å². The zero-order valence-electron chi connectivity index (χ0n) is 14.2. The number of aromatic nitrogens is 2. The number of carbonyl (C=O) groups excluding carboxylic acids is 1. The molecule has 26 heavy (non-hydrogen) atoms. The van der Waals surface area contributed by atoms with E-state index in [1.807, 2.05) is 43.5 Å². The van der Waals surface area contributed by atoms with Crippen LogP contribution in [-0.4, -0.2) is 22.5 Å². The second-order valence-corrected chi connectivity index (χ2v) is 7.58. The quantitative estimate of drug-likeness (QED) is 0.542. The first kappa shape index (κ1) is 16.7. The van der Waals surface area contributed by atoms with E-state index in [0.717, 1.165) is 32.6 Å². The Labute approximate surface area is 157 Å². The molecule has 3 N–H and O–H groups in total. The molecule has 1 aromatic carbocycles. The summed E-state index contributed by atoms with van der Waals surface area (Å²) in [6.07, 6.45) is 0. The number of hydrogen-bond acceptors (Lipinski definition) is 7. The molecule has 132 valence electrons. The second kappa shape index (κ2) is 6.54. The van der Waals surface area contributed by atoms with Crippen molar-refractivity contribution >= 4 is 60.5 Å². The Kier molecular flexibility index (Phi) is 4.21. The predicted molar refractivity (Wildman–Crippen MR) is 108 cm³/mol. The number of carbonyl (C=O) groups is 1. The largest absolute Gasteiger partial charge is 0.494 e. The van der Waals surface area contributed by atoms with Gasteiger partial charge in [0.1, 0.15) is 15.5 Å². The lowest BCUT2D eigenvalue weighted by Gasteiger charge is -2.04. The average molecular weight is 384 g/mol. The molecule has 4 rings (SSSR count). The lowest BCUT2D eigenvalue weighted by atomic mass is 10.1. The highest BCUT2D eigenvalue weighted by molar-refractivity contribution is 7.21. The number of nitrogens with zero attached hydrogens (tertiary/aromatic N) is 2. The Balaban J connectivity index is 1.75. The van der Waals surface area contributed by atoms with Crippen LogP contribution in [0.3, 0.4) is 0 Å². The van der Waals surface area contributed by atoms with E-state index in [-0.39, 0.29) is 5.91 Å². The van der Waals surface area contributed by atoms with Crippen molar-refractivity contribution in [2.45, 2.75) is 13.8 Å². The molecule has 0 radical (unpaired) electrons. The van der Waals surface area contributed by atoms with Gasteiger partial charge in [0.2, 0.25) is 0 Å². The molecule has 0 spiro atoms. The van der Waals surface area contributed by atoms with Gasteiger partial charge in [-0.3, -0.25) is 10.1 Å². The first-order chi connectivity index (χ1) is 12.5. The minimum absolute atomic E-state index is 0.265. The van der Waals surface area contributed by atoms with Crippen molar-refractivity contribution in [3.05, 3.63) is 40.2 Å². The van der Waals surface area contributed by atoms with Gasteiger partial charge in [0, 0.05) is 22.2 Å². The molecule has 0 aliphatic heterocycles. The van der Waals surface area contributed by atoms with Crippen LogP contribution in [0.25, 0.3) is 21.1 Å². The molecule has 0 bridgehead atoms. The highest BCUT2D eigenvalue weighted by Crippen LogP contribution is 2.35. The SMILES string of the molecule is CCOc1ccc2cc3c(N)c(C(=O)Nc4nc(C)cs4)sc3nc2c1. The van der Waals surface area contributed by atoms with E-state index < -0.39 is 0 Å². The van der Waals surface area contributed by atoms with Crippen LogP contribution in [0.1, 0.15) is 22.3 Å². The van der Waals surface area contributed by atoms with Gasteiger partial charge in [-0.05, 0) is 32.0 Å². The van der Waals surface area contributed by atoms with Crippen molar-refractivity contribution in [1.82, 2.24) is 9.97 Å². The highest BCUT2D eigenvalue weighted by Gasteiger charge is 2.19. The van der Waals surface area contributed by atoms with Gasteiger partial charge in [-0.2, -0.15) is 0 Å². The van der Waals surface area contributed by atoms with E-state index in [0.29, 0.717) is 22.3 Å². The number of rotatable bonds is 4. The monoisotopic (exact) mass is 384 g/mol. The van der Waals surface area contributed by atoms with Crippen molar-refractivity contribution in [2.75, 3.05) is 17.7 Å². The smallest absolute Gasteiger partial charge is 0.269 e. The van der Waals surface area contributed by atoms with Crippen LogP contribution in [0.4, 0.5) is 10.8 Å². The number of fused-ring (bicyclic) bond motifs is 2. The molecular formula is C18H16N4O2S2. The number of pyridine rings is 1. The van der Waals surface area contributed by atoms with Gasteiger partial charge in [0.15, 0.2) is 5.13 Å². The standard InChI is InChI=1S/C18H16N4O2S2/c1-3-24-11-5-4-10-6-12-14(19)15(26-17(12)21-13(10)7-11)16(23)22-18-20-9(2)8-25-18/h4-8H,3,19H2,1-2H3,(H,20,22,23). The first-order valence-electron chi connectivity index (χ1n) is 8.04. The summed E-state index contributed by atoms with van der Waals surface area (Å²) in [5, 5.41) is 6.98. The molecule has 1 amide bonds. The van der Waals surface area contributed by atoms with Crippen LogP contribution in [0.15, 0.2) is 29.6 Å². The lowest BCUT2D eigenvalue weighted by molar-refractivity contribution is 0.103. The zero-order chi connectivity index (χ0) is 18.3. The van der Waals surface area contributed by atoms with Crippen LogP contribution >= 0.6 is 22.7 Å². The summed E-state index contributed by atoms with van der Waals surface area (Å²) in [4.78, 5) is 22.7. The van der Waals surface area contributed by atoms with Crippen LogP contribution in [0.2, 0.25) is 0 Å². The number of aryl methyl sites for hydroxylation is 1. The number of anilines is 2. The molecular weight excluding hydrogens is 368 g/mol. The maximum absolute atomic E-state index is 12.6. The van der Waals surface area contributed by atoms with Gasteiger partial charge >= 0.3 is 0 Å². The molecule has 0 aliphatic carbocycles. The summed E-state index contributed by atoms with van der Waals surface area (Å²) < 4.78 is 5.53. The lowest BCUT2D eigenvalue weighted by Crippen LogP contribution is -2.11. The minimum Gasteiger partial charge on any atom is -0.494 e. The number of hydrogen-bond donors (Lipinski definition) is 2. The summed E-state index contributed by atoms with van der Waals surface area (Å²) in [5.41, 5.74) is 8.36. The molecule has 0 atom stereocenters. The third-order valence-corrected chi connectivity index (χ3v) is 5.83. The third kappa shape index (κ3) is 2.97. The van der Waals surface area contributed by atoms with Gasteiger partial charge in [-0.1, -0.05) is 0 Å². The average Bonchev–Trinajstić information content (AvgIpc) is 3.16. The summed E-state index contributed by atoms with van der Waals surface area (Å²) in [6.45, 7) is 4.42. The second-order valence-electron chi connectivity index (χ2n) is 5.72. The van der Waals surface area contributed by atoms with Crippen molar-refractivity contribution < 1.29 is 9.53 Å². The van der Waals surface area contributed by atoms with Crippen molar-refractivity contribution in [3.63, 3.8) is 0 Å². The van der Waals surface area contributed by atoms with Crippen LogP contribution in [-0.2, 0) is 0 Å². The van der Waals surface area contributed by atoms with E-state index in [1.165, 1.54) is 22.7 Å². The minimum atomic E-state index is -0.265. The summed E-state index contributed by atoms with van der Waals surface area (Å²) in [5.74, 6) is 0.507. The fraction of sp³-hybridized carbons (Fsp3) is 0.167. The van der Waals surface area contributed by atoms with Gasteiger partial charge in [0.05, 0.1) is 23.5 Å². The number of nitrogen functional groups attached to an aromatic ring is 1. The molecule has 0 saturated heterocycles. The summed E-state index contributed by atoms with van der Waals surface area (Å²) in [7, 11) is 0. The maximum atomic E-state index is 12.6. The molecule has 8 heteroatoms. The number of nitrogens with one attached hydrogen (secondary N) is 1. The van der Waals surface area contributed by atoms with E-state index in [9.17, 15) is 4.79 Å². The Morgan fingerprint density at radius 2 is 2.15 bits per heavy atom. The number of ether oxygens (including phenoxy) is 1. The van der Waals surface area contributed by atoms with Gasteiger partial charge in [-0.15, -0.1) is 22.7 Å². The number of thiophene rings is 1. The van der Waals surface area contributed by atoms with Gasteiger partial charge in [0.25, 0.3) is 5.91 Å². The fourth-order valence-electron chi connectivity index (χ4n) is 2.66. The number of thiazole rings is 1. The van der Waals surface area contributed by atoms with E-state index in [4.69, 9.17) is 10.5 Å². The maximum Gasteiger partial charge on any atom is 0.269 e. The Morgan fingerprint density at radius 3 is 2.88 bits per heavy atom.